The summed E-state index contributed by atoms with van der Waals surface area (Å²) in [6, 6.07) is 3.35. The molecule has 0 radical (unpaired) electrons. The fourth-order valence-corrected chi connectivity index (χ4v) is 2.79. The Balaban J connectivity index is 1.95. The van der Waals surface area contributed by atoms with E-state index in [0.717, 1.165) is 6.07 Å². The Hall–Kier alpha value is -3.36. The van der Waals surface area contributed by atoms with Crippen molar-refractivity contribution in [2.24, 2.45) is 0 Å². The van der Waals surface area contributed by atoms with Crippen molar-refractivity contribution in [1.82, 2.24) is 14.8 Å². The molecular weight excluding hydrogens is 368 g/mol. The summed E-state index contributed by atoms with van der Waals surface area (Å²) in [6.45, 7) is 6.79. The van der Waals surface area contributed by atoms with Gasteiger partial charge in [0.15, 0.2) is 5.65 Å². The lowest BCUT2D eigenvalue weighted by Crippen LogP contribution is -2.16. The summed E-state index contributed by atoms with van der Waals surface area (Å²) in [6.07, 6.45) is 1.60. The molecule has 0 bridgehead atoms. The molecule has 0 aliphatic heterocycles. The van der Waals surface area contributed by atoms with E-state index in [1.165, 1.54) is 6.92 Å². The summed E-state index contributed by atoms with van der Waals surface area (Å²) in [7, 11) is 0. The van der Waals surface area contributed by atoms with Crippen LogP contribution >= 0.6 is 0 Å². The Morgan fingerprint density at radius 3 is 2.32 bits per heavy atom. The van der Waals surface area contributed by atoms with E-state index < -0.39 is 23.4 Å². The highest BCUT2D eigenvalue weighted by Gasteiger charge is 2.18. The molecule has 3 rings (SSSR count). The monoisotopic (exact) mass is 387 g/mol. The standard InChI is InChI=1S/C19H19F2N5O2/c1-9(2)26-18-12(8-22-26)5-13(10(3)23-18)19(28)25-17-7-16(24-11(4)27)14(20)6-15(17)21/h5-9H,1-4H3,(H,24,27)(H,25,28). The number of benzene rings is 1. The van der Waals surface area contributed by atoms with Crippen molar-refractivity contribution >= 4 is 34.2 Å². The number of hydrogen-bond donors (Lipinski definition) is 2. The average molecular weight is 387 g/mol. The molecule has 2 amide bonds. The molecule has 7 nitrogen and oxygen atoms in total. The topological polar surface area (TPSA) is 88.9 Å². The molecule has 0 aliphatic rings. The molecule has 9 heteroatoms. The van der Waals surface area contributed by atoms with Crippen molar-refractivity contribution in [2.45, 2.75) is 33.7 Å². The van der Waals surface area contributed by atoms with Gasteiger partial charge in [0.05, 0.1) is 28.8 Å². The van der Waals surface area contributed by atoms with Crippen LogP contribution in [0.4, 0.5) is 20.2 Å². The molecule has 0 atom stereocenters. The van der Waals surface area contributed by atoms with Crippen LogP contribution in [0.1, 0.15) is 42.9 Å². The molecule has 0 spiro atoms. The number of hydrogen-bond acceptors (Lipinski definition) is 4. The summed E-state index contributed by atoms with van der Waals surface area (Å²) in [5.74, 6) is -3.02. The van der Waals surface area contributed by atoms with Gasteiger partial charge >= 0.3 is 0 Å². The predicted octanol–water partition coefficient (Wildman–Crippen LogP) is 3.81. The molecule has 28 heavy (non-hydrogen) atoms. The minimum atomic E-state index is -0.959. The van der Waals surface area contributed by atoms with E-state index >= 15 is 0 Å². The Morgan fingerprint density at radius 2 is 1.71 bits per heavy atom. The van der Waals surface area contributed by atoms with Crippen LogP contribution < -0.4 is 10.6 Å². The Labute approximate surface area is 159 Å². The van der Waals surface area contributed by atoms with E-state index in [9.17, 15) is 18.4 Å². The first-order valence-electron chi connectivity index (χ1n) is 8.60. The molecule has 0 unspecified atom stereocenters. The van der Waals surface area contributed by atoms with Crippen LogP contribution in [-0.2, 0) is 4.79 Å². The van der Waals surface area contributed by atoms with Gasteiger partial charge < -0.3 is 10.6 Å². The van der Waals surface area contributed by atoms with Crippen LogP contribution in [0, 0.1) is 18.6 Å². The van der Waals surface area contributed by atoms with Crippen molar-refractivity contribution in [3.63, 3.8) is 0 Å². The van der Waals surface area contributed by atoms with E-state index in [2.05, 4.69) is 20.7 Å². The number of nitrogens with zero attached hydrogens (tertiary/aromatic N) is 3. The minimum Gasteiger partial charge on any atom is -0.324 e. The Bertz CT molecular complexity index is 1090. The first-order chi connectivity index (χ1) is 13.2. The van der Waals surface area contributed by atoms with E-state index in [1.54, 1.807) is 23.9 Å². The molecule has 146 valence electrons. The van der Waals surface area contributed by atoms with E-state index in [4.69, 9.17) is 0 Å². The lowest BCUT2D eigenvalue weighted by molar-refractivity contribution is -0.114. The van der Waals surface area contributed by atoms with Crippen LogP contribution in [0.15, 0.2) is 24.4 Å². The van der Waals surface area contributed by atoms with Gasteiger partial charge in [-0.15, -0.1) is 0 Å². The van der Waals surface area contributed by atoms with E-state index in [-0.39, 0.29) is 23.0 Å². The molecule has 0 saturated carbocycles. The Kier molecular flexibility index (Phi) is 5.08. The molecule has 3 aromatic rings. The second kappa shape index (κ2) is 7.34. The van der Waals surface area contributed by atoms with Gasteiger partial charge in [-0.3, -0.25) is 9.59 Å². The summed E-state index contributed by atoms with van der Waals surface area (Å²) >= 11 is 0. The van der Waals surface area contributed by atoms with Crippen LogP contribution in [0.2, 0.25) is 0 Å². The highest BCUT2D eigenvalue weighted by atomic mass is 19.1. The fourth-order valence-electron chi connectivity index (χ4n) is 2.79. The molecule has 1 aromatic carbocycles. The molecule has 0 aliphatic carbocycles. The number of rotatable bonds is 4. The lowest BCUT2D eigenvalue weighted by Gasteiger charge is -2.12. The van der Waals surface area contributed by atoms with Gasteiger partial charge in [0.2, 0.25) is 5.91 Å². The number of amides is 2. The third-order valence-corrected chi connectivity index (χ3v) is 4.11. The summed E-state index contributed by atoms with van der Waals surface area (Å²) in [4.78, 5) is 28.3. The number of carbonyl (C=O) groups is 2. The maximum atomic E-state index is 14.1. The predicted molar refractivity (Wildman–Crippen MR) is 101 cm³/mol. The zero-order valence-electron chi connectivity index (χ0n) is 15.8. The number of fused-ring (bicyclic) bond motifs is 1. The number of anilines is 2. The second-order valence-electron chi connectivity index (χ2n) is 6.66. The van der Waals surface area contributed by atoms with Crippen molar-refractivity contribution in [3.8, 4) is 0 Å². The molecule has 0 saturated heterocycles. The van der Waals surface area contributed by atoms with Gasteiger partial charge in [-0.1, -0.05) is 0 Å². The van der Waals surface area contributed by atoms with Gasteiger partial charge in [0.1, 0.15) is 11.6 Å². The summed E-state index contributed by atoms with van der Waals surface area (Å²) in [5.41, 5.74) is 0.836. The first kappa shape index (κ1) is 19.4. The average Bonchev–Trinajstić information content (AvgIpc) is 3.00. The largest absolute Gasteiger partial charge is 0.324 e. The number of carbonyl (C=O) groups excluding carboxylic acids is 2. The van der Waals surface area contributed by atoms with Crippen LogP contribution in [0.25, 0.3) is 11.0 Å². The second-order valence-corrected chi connectivity index (χ2v) is 6.66. The third kappa shape index (κ3) is 3.68. The van der Waals surface area contributed by atoms with Crippen LogP contribution in [0.5, 0.6) is 0 Å². The number of pyridine rings is 1. The van der Waals surface area contributed by atoms with Crippen molar-refractivity contribution in [2.75, 3.05) is 10.6 Å². The zero-order valence-corrected chi connectivity index (χ0v) is 15.8. The molecule has 2 aromatic heterocycles. The smallest absolute Gasteiger partial charge is 0.257 e. The fraction of sp³-hybridized carbons (Fsp3) is 0.263. The number of aryl methyl sites for hydroxylation is 1. The molecular formula is C19H19F2N5O2. The summed E-state index contributed by atoms with van der Waals surface area (Å²) in [5, 5.41) is 9.58. The number of aromatic nitrogens is 3. The normalized spacial score (nSPS) is 11.1. The van der Waals surface area contributed by atoms with Crippen molar-refractivity contribution in [1.29, 1.82) is 0 Å². The third-order valence-electron chi connectivity index (χ3n) is 4.11. The van der Waals surface area contributed by atoms with Gasteiger partial charge in [0.25, 0.3) is 5.91 Å². The maximum absolute atomic E-state index is 14.1. The van der Waals surface area contributed by atoms with Crippen LogP contribution in [0.3, 0.4) is 0 Å². The zero-order chi connectivity index (χ0) is 20.6. The molecule has 0 fully saturated rings. The van der Waals surface area contributed by atoms with Crippen LogP contribution in [-0.4, -0.2) is 26.6 Å². The Morgan fingerprint density at radius 1 is 1.07 bits per heavy atom. The number of nitrogens with one attached hydrogen (secondary N) is 2. The maximum Gasteiger partial charge on any atom is 0.257 e. The van der Waals surface area contributed by atoms with Crippen molar-refractivity contribution in [3.05, 3.63) is 47.3 Å². The van der Waals surface area contributed by atoms with E-state index in [0.29, 0.717) is 22.8 Å². The van der Waals surface area contributed by atoms with Gasteiger partial charge in [-0.05, 0) is 32.9 Å². The van der Waals surface area contributed by atoms with Gasteiger partial charge in [-0.2, -0.15) is 5.10 Å². The SMILES string of the molecule is CC(=O)Nc1cc(NC(=O)c2cc3cnn(C(C)C)c3nc2C)c(F)cc1F. The highest BCUT2D eigenvalue weighted by molar-refractivity contribution is 6.07. The number of halogens is 2. The summed E-state index contributed by atoms with van der Waals surface area (Å²) < 4.78 is 29.6. The molecule has 2 heterocycles. The minimum absolute atomic E-state index is 0.101. The quantitative estimate of drug-likeness (QED) is 0.712. The lowest BCUT2D eigenvalue weighted by atomic mass is 10.1. The van der Waals surface area contributed by atoms with Gasteiger partial charge in [0, 0.05) is 24.4 Å². The van der Waals surface area contributed by atoms with Crippen molar-refractivity contribution < 1.29 is 18.4 Å². The highest BCUT2D eigenvalue weighted by Crippen LogP contribution is 2.25. The molecule has 2 N–H and O–H groups in total. The first-order valence-corrected chi connectivity index (χ1v) is 8.60. The van der Waals surface area contributed by atoms with E-state index in [1.807, 2.05) is 13.8 Å². The van der Waals surface area contributed by atoms with Gasteiger partial charge in [-0.25, -0.2) is 18.4 Å².